The number of carbonyl (C=O) groups excluding carboxylic acids is 2. The Balaban J connectivity index is 1.24. The van der Waals surface area contributed by atoms with Crippen molar-refractivity contribution in [3.05, 3.63) is 59.7 Å². The fraction of sp³-hybridized carbons (Fsp3) is 0.423. The van der Waals surface area contributed by atoms with E-state index >= 15 is 0 Å². The Kier molecular flexibility index (Phi) is 6.67. The van der Waals surface area contributed by atoms with Gasteiger partial charge in [0.15, 0.2) is 0 Å². The van der Waals surface area contributed by atoms with Crippen molar-refractivity contribution in [3.8, 4) is 11.1 Å². The molecule has 1 unspecified atom stereocenters. The molecule has 2 amide bonds. The third-order valence-corrected chi connectivity index (χ3v) is 6.92. The van der Waals surface area contributed by atoms with Gasteiger partial charge in [-0.2, -0.15) is 0 Å². The highest BCUT2D eigenvalue weighted by Crippen LogP contribution is 2.45. The SMILES string of the molecule is CC(CNC(=O)OCC1c2ccccc2-c2ccccc21)C(=O)NCC1(CC(=O)O)CCC1. The highest BCUT2D eigenvalue weighted by molar-refractivity contribution is 5.80. The number of aliphatic carboxylic acids is 1. The van der Waals surface area contributed by atoms with Gasteiger partial charge in [-0.05, 0) is 40.5 Å². The lowest BCUT2D eigenvalue weighted by Gasteiger charge is -2.41. The fourth-order valence-corrected chi connectivity index (χ4v) is 4.84. The van der Waals surface area contributed by atoms with Crippen LogP contribution in [0.4, 0.5) is 4.79 Å². The summed E-state index contributed by atoms with van der Waals surface area (Å²) in [5.74, 6) is -1.51. The molecule has 0 heterocycles. The third kappa shape index (κ3) is 5.02. The predicted molar refractivity (Wildman–Crippen MR) is 124 cm³/mol. The van der Waals surface area contributed by atoms with Crippen molar-refractivity contribution in [3.63, 3.8) is 0 Å². The van der Waals surface area contributed by atoms with Gasteiger partial charge in [-0.25, -0.2) is 4.79 Å². The molecule has 0 radical (unpaired) electrons. The van der Waals surface area contributed by atoms with Gasteiger partial charge in [-0.3, -0.25) is 9.59 Å². The Bertz CT molecular complexity index is 1000. The van der Waals surface area contributed by atoms with Gasteiger partial charge < -0.3 is 20.5 Å². The van der Waals surface area contributed by atoms with Gasteiger partial charge in [-0.15, -0.1) is 0 Å². The van der Waals surface area contributed by atoms with Crippen LogP contribution < -0.4 is 10.6 Å². The maximum atomic E-state index is 12.4. The Morgan fingerprint density at radius 2 is 1.64 bits per heavy atom. The van der Waals surface area contributed by atoms with E-state index in [9.17, 15) is 14.4 Å². The number of ether oxygens (including phenoxy) is 1. The Labute approximate surface area is 193 Å². The maximum absolute atomic E-state index is 12.4. The van der Waals surface area contributed by atoms with Crippen LogP contribution in [0.5, 0.6) is 0 Å². The summed E-state index contributed by atoms with van der Waals surface area (Å²) in [6.07, 6.45) is 2.12. The number of amides is 2. The molecule has 0 spiro atoms. The number of rotatable bonds is 9. The minimum absolute atomic E-state index is 0.0169. The zero-order chi connectivity index (χ0) is 23.4. The van der Waals surface area contributed by atoms with Crippen LogP contribution in [0, 0.1) is 11.3 Å². The number of benzene rings is 2. The highest BCUT2D eigenvalue weighted by Gasteiger charge is 2.39. The lowest BCUT2D eigenvalue weighted by Crippen LogP contribution is -2.46. The third-order valence-electron chi connectivity index (χ3n) is 6.92. The van der Waals surface area contributed by atoms with Gasteiger partial charge in [0.05, 0.1) is 12.3 Å². The summed E-state index contributed by atoms with van der Waals surface area (Å²) < 4.78 is 5.51. The van der Waals surface area contributed by atoms with E-state index in [0.29, 0.717) is 6.54 Å². The van der Waals surface area contributed by atoms with Gasteiger partial charge in [0.1, 0.15) is 6.61 Å². The molecule has 174 valence electrons. The fourth-order valence-electron chi connectivity index (χ4n) is 4.84. The summed E-state index contributed by atoms with van der Waals surface area (Å²) in [6, 6.07) is 16.3. The van der Waals surface area contributed by atoms with Gasteiger partial charge in [0.2, 0.25) is 5.91 Å². The Hall–Kier alpha value is -3.35. The molecule has 4 rings (SSSR count). The van der Waals surface area contributed by atoms with Crippen LogP contribution in [-0.2, 0) is 14.3 Å². The number of fused-ring (bicyclic) bond motifs is 3. The Morgan fingerprint density at radius 3 is 2.18 bits per heavy atom. The molecule has 7 heteroatoms. The number of hydrogen-bond donors (Lipinski definition) is 3. The van der Waals surface area contributed by atoms with Crippen molar-refractivity contribution in [2.45, 2.75) is 38.5 Å². The van der Waals surface area contributed by atoms with Crippen molar-refractivity contribution >= 4 is 18.0 Å². The van der Waals surface area contributed by atoms with E-state index in [1.165, 1.54) is 11.1 Å². The summed E-state index contributed by atoms with van der Waals surface area (Å²) >= 11 is 0. The first-order valence-electron chi connectivity index (χ1n) is 11.5. The standard InChI is InChI=1S/C26H30N2O5/c1-17(24(31)28-16-26(11-6-12-26)13-23(29)30)14-27-25(32)33-15-22-20-9-4-2-7-18(20)19-8-3-5-10-21(19)22/h2-5,7-10,17,22H,6,11-16H2,1H3,(H,27,32)(H,28,31)(H,29,30). The first-order valence-corrected chi connectivity index (χ1v) is 11.5. The van der Waals surface area contributed by atoms with Crippen molar-refractivity contribution in [2.75, 3.05) is 19.7 Å². The van der Waals surface area contributed by atoms with Crippen LogP contribution >= 0.6 is 0 Å². The molecule has 1 fully saturated rings. The summed E-state index contributed by atoms with van der Waals surface area (Å²) in [5.41, 5.74) is 4.29. The molecule has 2 aromatic rings. The summed E-state index contributed by atoms with van der Waals surface area (Å²) in [6.45, 7) is 2.45. The number of carboxylic acids is 1. The molecule has 0 aromatic heterocycles. The van der Waals surface area contributed by atoms with Crippen LogP contribution in [0.3, 0.4) is 0 Å². The number of nitrogens with one attached hydrogen (secondary N) is 2. The van der Waals surface area contributed by atoms with Crippen LogP contribution in [0.25, 0.3) is 11.1 Å². The van der Waals surface area contributed by atoms with E-state index in [1.807, 2.05) is 24.3 Å². The van der Waals surface area contributed by atoms with Crippen molar-refractivity contribution in [2.24, 2.45) is 11.3 Å². The highest BCUT2D eigenvalue weighted by atomic mass is 16.5. The molecule has 0 saturated heterocycles. The van der Waals surface area contributed by atoms with E-state index in [4.69, 9.17) is 9.84 Å². The molecule has 2 aliphatic carbocycles. The molecule has 2 aliphatic rings. The van der Waals surface area contributed by atoms with Gasteiger partial charge in [-0.1, -0.05) is 61.9 Å². The van der Waals surface area contributed by atoms with E-state index in [-0.39, 0.29) is 36.8 Å². The normalized spacial score (nSPS) is 16.6. The molecule has 0 aliphatic heterocycles. The summed E-state index contributed by atoms with van der Waals surface area (Å²) in [5, 5.41) is 14.6. The first-order chi connectivity index (χ1) is 15.9. The number of hydrogen-bond acceptors (Lipinski definition) is 4. The average molecular weight is 451 g/mol. The van der Waals surface area contributed by atoms with E-state index < -0.39 is 18.0 Å². The molecule has 0 bridgehead atoms. The second kappa shape index (κ2) is 9.65. The van der Waals surface area contributed by atoms with Crippen LogP contribution in [0.2, 0.25) is 0 Å². The second-order valence-corrected chi connectivity index (χ2v) is 9.25. The zero-order valence-electron chi connectivity index (χ0n) is 18.8. The van der Waals surface area contributed by atoms with Gasteiger partial charge in [0, 0.05) is 19.0 Å². The van der Waals surface area contributed by atoms with Gasteiger partial charge in [0.25, 0.3) is 0 Å². The Morgan fingerprint density at radius 1 is 1.03 bits per heavy atom. The van der Waals surface area contributed by atoms with E-state index in [0.717, 1.165) is 30.4 Å². The monoisotopic (exact) mass is 450 g/mol. The van der Waals surface area contributed by atoms with Crippen LogP contribution in [0.1, 0.15) is 49.7 Å². The van der Waals surface area contributed by atoms with E-state index in [1.54, 1.807) is 6.92 Å². The minimum Gasteiger partial charge on any atom is -0.481 e. The molecule has 1 atom stereocenters. The summed E-state index contributed by atoms with van der Waals surface area (Å²) in [4.78, 5) is 35.8. The lowest BCUT2D eigenvalue weighted by molar-refractivity contribution is -0.142. The lowest BCUT2D eigenvalue weighted by atomic mass is 9.66. The molecule has 1 saturated carbocycles. The molecule has 3 N–H and O–H groups in total. The number of alkyl carbamates (subject to hydrolysis) is 1. The first kappa shape index (κ1) is 22.8. The second-order valence-electron chi connectivity index (χ2n) is 9.25. The largest absolute Gasteiger partial charge is 0.481 e. The number of carboxylic acid groups (broad SMARTS) is 1. The van der Waals surface area contributed by atoms with Crippen molar-refractivity contribution in [1.29, 1.82) is 0 Å². The number of carbonyl (C=O) groups is 3. The topological polar surface area (TPSA) is 105 Å². The zero-order valence-corrected chi connectivity index (χ0v) is 18.8. The van der Waals surface area contributed by atoms with Gasteiger partial charge >= 0.3 is 12.1 Å². The average Bonchev–Trinajstić information content (AvgIpc) is 3.11. The smallest absolute Gasteiger partial charge is 0.407 e. The quantitative estimate of drug-likeness (QED) is 0.537. The predicted octanol–water partition coefficient (Wildman–Crippen LogP) is 3.92. The van der Waals surface area contributed by atoms with E-state index in [2.05, 4.69) is 34.9 Å². The van der Waals surface area contributed by atoms with Crippen LogP contribution in [0.15, 0.2) is 48.5 Å². The maximum Gasteiger partial charge on any atom is 0.407 e. The molecule has 2 aromatic carbocycles. The van der Waals surface area contributed by atoms with Crippen molar-refractivity contribution in [1.82, 2.24) is 10.6 Å². The van der Waals surface area contributed by atoms with Crippen LogP contribution in [-0.4, -0.2) is 42.8 Å². The molecule has 7 nitrogen and oxygen atoms in total. The summed E-state index contributed by atoms with van der Waals surface area (Å²) in [7, 11) is 0. The van der Waals surface area contributed by atoms with Crippen molar-refractivity contribution < 1.29 is 24.2 Å². The minimum atomic E-state index is -0.839. The molecule has 33 heavy (non-hydrogen) atoms. The molecular weight excluding hydrogens is 420 g/mol. The molecular formula is C26H30N2O5.